The van der Waals surface area contributed by atoms with Gasteiger partial charge in [0.15, 0.2) is 0 Å². The summed E-state index contributed by atoms with van der Waals surface area (Å²) in [5.74, 6) is 0. The zero-order valence-corrected chi connectivity index (χ0v) is 9.36. The van der Waals surface area contributed by atoms with Crippen LogP contribution in [0.4, 0.5) is 5.69 Å². The lowest BCUT2D eigenvalue weighted by Crippen LogP contribution is -2.05. The van der Waals surface area contributed by atoms with E-state index >= 15 is 0 Å². The molecule has 80 valence electrons. The summed E-state index contributed by atoms with van der Waals surface area (Å²) in [4.78, 5) is 0. The fourth-order valence-electron chi connectivity index (χ4n) is 1.35. The normalized spacial score (nSPS) is 10.9. The highest BCUT2D eigenvalue weighted by molar-refractivity contribution is 6.29. The van der Waals surface area contributed by atoms with Crippen molar-refractivity contribution in [1.29, 1.82) is 0 Å². The molecular formula is C9H12ClN5. The van der Waals surface area contributed by atoms with Crippen molar-refractivity contribution in [2.24, 2.45) is 7.05 Å². The third-order valence-electron chi connectivity index (χ3n) is 2.33. The fourth-order valence-corrected chi connectivity index (χ4v) is 1.52. The summed E-state index contributed by atoms with van der Waals surface area (Å²) in [6, 6.07) is 1.82. The van der Waals surface area contributed by atoms with Crippen molar-refractivity contribution in [2.45, 2.75) is 13.5 Å². The molecule has 6 heteroatoms. The SMILES string of the molecule is Cc1c(N)cnn1Cc1cc(Cl)n(C)n1. The number of nitrogens with zero attached hydrogens (tertiary/aromatic N) is 4. The van der Waals surface area contributed by atoms with Crippen LogP contribution in [0.15, 0.2) is 12.3 Å². The summed E-state index contributed by atoms with van der Waals surface area (Å²) < 4.78 is 3.42. The molecule has 0 radical (unpaired) electrons. The summed E-state index contributed by atoms with van der Waals surface area (Å²) in [7, 11) is 1.80. The van der Waals surface area contributed by atoms with Crippen LogP contribution in [-0.2, 0) is 13.6 Å². The van der Waals surface area contributed by atoms with E-state index in [1.807, 2.05) is 13.0 Å². The van der Waals surface area contributed by atoms with E-state index in [0.29, 0.717) is 17.4 Å². The van der Waals surface area contributed by atoms with Crippen molar-refractivity contribution in [3.05, 3.63) is 28.8 Å². The summed E-state index contributed by atoms with van der Waals surface area (Å²) in [6.07, 6.45) is 1.64. The molecular weight excluding hydrogens is 214 g/mol. The van der Waals surface area contributed by atoms with E-state index in [9.17, 15) is 0 Å². The molecule has 0 saturated heterocycles. The van der Waals surface area contributed by atoms with Crippen molar-refractivity contribution < 1.29 is 0 Å². The molecule has 0 aromatic carbocycles. The maximum absolute atomic E-state index is 5.89. The summed E-state index contributed by atoms with van der Waals surface area (Å²) in [5, 5.41) is 9.00. The van der Waals surface area contributed by atoms with Crippen LogP contribution in [0.1, 0.15) is 11.4 Å². The molecule has 15 heavy (non-hydrogen) atoms. The molecule has 0 aliphatic carbocycles. The molecule has 0 fully saturated rings. The van der Waals surface area contributed by atoms with Crippen LogP contribution in [0.3, 0.4) is 0 Å². The van der Waals surface area contributed by atoms with Gasteiger partial charge in [-0.15, -0.1) is 0 Å². The van der Waals surface area contributed by atoms with E-state index in [2.05, 4.69) is 10.2 Å². The van der Waals surface area contributed by atoms with Gasteiger partial charge in [0.1, 0.15) is 5.15 Å². The fraction of sp³-hybridized carbons (Fsp3) is 0.333. The first kappa shape index (κ1) is 10.0. The number of anilines is 1. The first-order valence-electron chi connectivity index (χ1n) is 4.54. The number of nitrogen functional groups attached to an aromatic ring is 1. The smallest absolute Gasteiger partial charge is 0.127 e. The first-order chi connectivity index (χ1) is 7.08. The topological polar surface area (TPSA) is 61.7 Å². The number of aryl methyl sites for hydroxylation is 1. The molecule has 0 saturated carbocycles. The second-order valence-electron chi connectivity index (χ2n) is 3.42. The standard InChI is InChI=1S/C9H12ClN5/c1-6-8(11)4-12-15(6)5-7-3-9(10)14(2)13-7/h3-4H,5,11H2,1-2H3. The Morgan fingerprint density at radius 3 is 2.73 bits per heavy atom. The van der Waals surface area contributed by atoms with Gasteiger partial charge < -0.3 is 5.73 Å². The maximum atomic E-state index is 5.89. The van der Waals surface area contributed by atoms with Crippen LogP contribution < -0.4 is 5.73 Å². The molecule has 0 spiro atoms. The maximum Gasteiger partial charge on any atom is 0.127 e. The zero-order valence-electron chi connectivity index (χ0n) is 8.61. The lowest BCUT2D eigenvalue weighted by molar-refractivity contribution is 0.635. The van der Waals surface area contributed by atoms with Crippen molar-refractivity contribution in [1.82, 2.24) is 19.6 Å². The minimum absolute atomic E-state index is 0.587. The highest BCUT2D eigenvalue weighted by atomic mass is 35.5. The molecule has 2 rings (SSSR count). The Hall–Kier alpha value is -1.49. The molecule has 0 aliphatic heterocycles. The Bertz CT molecular complexity index is 465. The average molecular weight is 226 g/mol. The van der Waals surface area contributed by atoms with Gasteiger partial charge >= 0.3 is 0 Å². The van der Waals surface area contributed by atoms with Crippen LogP contribution in [0.5, 0.6) is 0 Å². The Labute approximate surface area is 92.4 Å². The number of hydrogen-bond donors (Lipinski definition) is 1. The number of halogens is 1. The van der Waals surface area contributed by atoms with E-state index in [4.69, 9.17) is 17.3 Å². The van der Waals surface area contributed by atoms with Crippen molar-refractivity contribution in [3.8, 4) is 0 Å². The van der Waals surface area contributed by atoms with Crippen molar-refractivity contribution in [2.75, 3.05) is 5.73 Å². The van der Waals surface area contributed by atoms with Gasteiger partial charge in [-0.1, -0.05) is 11.6 Å². The molecule has 2 heterocycles. The van der Waals surface area contributed by atoms with Gasteiger partial charge in [-0.2, -0.15) is 10.2 Å². The van der Waals surface area contributed by atoms with Gasteiger partial charge in [-0.3, -0.25) is 9.36 Å². The van der Waals surface area contributed by atoms with Crippen LogP contribution in [0.2, 0.25) is 5.15 Å². The highest BCUT2D eigenvalue weighted by Gasteiger charge is 2.07. The second kappa shape index (κ2) is 3.58. The Balaban J connectivity index is 2.25. The number of aromatic nitrogens is 4. The molecule has 5 nitrogen and oxygen atoms in total. The molecule has 2 aromatic heterocycles. The van der Waals surface area contributed by atoms with E-state index < -0.39 is 0 Å². The van der Waals surface area contributed by atoms with Gasteiger partial charge in [0.25, 0.3) is 0 Å². The largest absolute Gasteiger partial charge is 0.396 e. The predicted molar refractivity (Wildman–Crippen MR) is 58.7 cm³/mol. The molecule has 2 aromatic rings. The first-order valence-corrected chi connectivity index (χ1v) is 4.92. The molecule has 0 amide bonds. The van der Waals surface area contributed by atoms with Crippen molar-refractivity contribution in [3.63, 3.8) is 0 Å². The Morgan fingerprint density at radius 1 is 1.53 bits per heavy atom. The third kappa shape index (κ3) is 1.83. The number of hydrogen-bond acceptors (Lipinski definition) is 3. The van der Waals surface area contributed by atoms with Gasteiger partial charge in [-0.05, 0) is 6.92 Å². The van der Waals surface area contributed by atoms with Gasteiger partial charge in [0, 0.05) is 13.1 Å². The number of rotatable bonds is 2. The minimum Gasteiger partial charge on any atom is -0.396 e. The van der Waals surface area contributed by atoms with Crippen LogP contribution in [0.25, 0.3) is 0 Å². The second-order valence-corrected chi connectivity index (χ2v) is 3.81. The van der Waals surface area contributed by atoms with Gasteiger partial charge in [-0.25, -0.2) is 0 Å². The van der Waals surface area contributed by atoms with Crippen LogP contribution in [-0.4, -0.2) is 19.6 Å². The lowest BCUT2D eigenvalue weighted by atomic mass is 10.4. The molecule has 0 atom stereocenters. The molecule has 0 aliphatic rings. The zero-order chi connectivity index (χ0) is 11.0. The van der Waals surface area contributed by atoms with Gasteiger partial charge in [0.05, 0.1) is 29.8 Å². The lowest BCUT2D eigenvalue weighted by Gasteiger charge is -2.01. The summed E-state index contributed by atoms with van der Waals surface area (Å²) in [6.45, 7) is 2.51. The van der Waals surface area contributed by atoms with E-state index in [0.717, 1.165) is 11.4 Å². The summed E-state index contributed by atoms with van der Waals surface area (Å²) >= 11 is 5.89. The summed E-state index contributed by atoms with van der Waals surface area (Å²) in [5.41, 5.74) is 8.20. The van der Waals surface area contributed by atoms with E-state index in [1.165, 1.54) is 0 Å². The molecule has 0 bridgehead atoms. The minimum atomic E-state index is 0.587. The van der Waals surface area contributed by atoms with Crippen LogP contribution in [0, 0.1) is 6.92 Å². The molecule has 0 unspecified atom stereocenters. The molecule has 2 N–H and O–H groups in total. The monoisotopic (exact) mass is 225 g/mol. The van der Waals surface area contributed by atoms with Gasteiger partial charge in [0.2, 0.25) is 0 Å². The van der Waals surface area contributed by atoms with E-state index in [1.54, 1.807) is 22.6 Å². The number of nitrogens with two attached hydrogens (primary N) is 1. The quantitative estimate of drug-likeness (QED) is 0.836. The average Bonchev–Trinajstić information content (AvgIpc) is 2.65. The predicted octanol–water partition coefficient (Wildman–Crippen LogP) is 1.21. The van der Waals surface area contributed by atoms with E-state index in [-0.39, 0.29) is 0 Å². The van der Waals surface area contributed by atoms with Crippen molar-refractivity contribution >= 4 is 17.3 Å². The highest BCUT2D eigenvalue weighted by Crippen LogP contribution is 2.13. The van der Waals surface area contributed by atoms with Crippen LogP contribution >= 0.6 is 11.6 Å². The third-order valence-corrected chi connectivity index (χ3v) is 2.68. The Morgan fingerprint density at radius 2 is 2.27 bits per heavy atom. The Kier molecular flexibility index (Phi) is 2.40.